The monoisotopic (exact) mass is 268 g/mol. The molecule has 2 rings (SSSR count). The number of nitrogens with one attached hydrogen (secondary N) is 1. The molecule has 1 heterocycles. The molecule has 0 radical (unpaired) electrons. The lowest BCUT2D eigenvalue weighted by Crippen LogP contribution is -2.22. The van der Waals surface area contributed by atoms with E-state index >= 15 is 0 Å². The van der Waals surface area contributed by atoms with Crippen LogP contribution in [-0.4, -0.2) is 26.6 Å². The van der Waals surface area contributed by atoms with Gasteiger partial charge in [0, 0.05) is 20.1 Å². The third kappa shape index (κ3) is 3.33. The Labute approximate surface area is 108 Å². The maximum absolute atomic E-state index is 13.0. The van der Waals surface area contributed by atoms with E-state index in [4.69, 9.17) is 0 Å². The molecule has 19 heavy (non-hydrogen) atoms. The Morgan fingerprint density at radius 2 is 2.16 bits per heavy atom. The van der Waals surface area contributed by atoms with Crippen molar-refractivity contribution in [1.82, 2.24) is 20.3 Å². The summed E-state index contributed by atoms with van der Waals surface area (Å²) in [6.45, 7) is 0.695. The second kappa shape index (κ2) is 5.85. The van der Waals surface area contributed by atoms with Gasteiger partial charge in [-0.2, -0.15) is 0 Å². The second-order valence-corrected chi connectivity index (χ2v) is 4.17. The van der Waals surface area contributed by atoms with E-state index in [1.807, 2.05) is 0 Å². The highest BCUT2D eigenvalue weighted by atomic mass is 19.2. The summed E-state index contributed by atoms with van der Waals surface area (Å²) in [5.41, 5.74) is 1.19. The Bertz CT molecular complexity index is 558. The van der Waals surface area contributed by atoms with Crippen molar-refractivity contribution in [3.8, 4) is 0 Å². The number of nitrogens with zero attached hydrogens (tertiary/aromatic N) is 3. The molecule has 0 bridgehead atoms. The molecule has 7 heteroatoms. The van der Waals surface area contributed by atoms with Crippen LogP contribution in [0.4, 0.5) is 8.78 Å². The number of benzene rings is 1. The molecule has 5 nitrogen and oxygen atoms in total. The highest BCUT2D eigenvalue weighted by molar-refractivity contribution is 5.20. The van der Waals surface area contributed by atoms with Crippen molar-refractivity contribution >= 4 is 0 Å². The zero-order chi connectivity index (χ0) is 13.8. The van der Waals surface area contributed by atoms with Gasteiger partial charge >= 0.3 is 0 Å². The molecule has 0 spiro atoms. The first kappa shape index (κ1) is 13.6. The fourth-order valence-corrected chi connectivity index (χ4v) is 1.65. The molecule has 1 atom stereocenters. The lowest BCUT2D eigenvalue weighted by Gasteiger charge is -2.12. The van der Waals surface area contributed by atoms with E-state index in [1.165, 1.54) is 6.07 Å². The molecule has 0 aliphatic carbocycles. The van der Waals surface area contributed by atoms with Crippen molar-refractivity contribution < 1.29 is 13.9 Å². The molecule has 0 aliphatic rings. The van der Waals surface area contributed by atoms with Crippen LogP contribution in [0.15, 0.2) is 24.4 Å². The van der Waals surface area contributed by atoms with Crippen molar-refractivity contribution in [2.75, 3.05) is 6.54 Å². The first-order valence-corrected chi connectivity index (χ1v) is 5.75. The second-order valence-electron chi connectivity index (χ2n) is 4.17. The molecule has 1 unspecified atom stereocenters. The molecule has 0 saturated heterocycles. The van der Waals surface area contributed by atoms with Crippen LogP contribution in [0.3, 0.4) is 0 Å². The largest absolute Gasteiger partial charge is 0.387 e. The number of aryl methyl sites for hydroxylation is 1. The fourth-order valence-electron chi connectivity index (χ4n) is 1.65. The number of halogens is 2. The zero-order valence-electron chi connectivity index (χ0n) is 10.3. The van der Waals surface area contributed by atoms with E-state index < -0.39 is 17.7 Å². The average molecular weight is 268 g/mol. The lowest BCUT2D eigenvalue weighted by molar-refractivity contribution is 0.173. The maximum Gasteiger partial charge on any atom is 0.159 e. The highest BCUT2D eigenvalue weighted by Crippen LogP contribution is 2.15. The van der Waals surface area contributed by atoms with Crippen molar-refractivity contribution in [2.24, 2.45) is 7.05 Å². The number of hydrogen-bond acceptors (Lipinski definition) is 4. The van der Waals surface area contributed by atoms with Gasteiger partial charge in [0.25, 0.3) is 0 Å². The molecule has 0 amide bonds. The van der Waals surface area contributed by atoms with E-state index in [0.717, 1.165) is 17.8 Å². The van der Waals surface area contributed by atoms with Gasteiger partial charge in [0.1, 0.15) is 0 Å². The smallest absolute Gasteiger partial charge is 0.159 e. The number of aliphatic hydroxyl groups excluding tert-OH is 1. The lowest BCUT2D eigenvalue weighted by atomic mass is 10.1. The average Bonchev–Trinajstić information content (AvgIpc) is 2.78. The van der Waals surface area contributed by atoms with Crippen LogP contribution in [0.2, 0.25) is 0 Å². The first-order chi connectivity index (χ1) is 9.08. The molecule has 2 aromatic rings. The summed E-state index contributed by atoms with van der Waals surface area (Å²) < 4.78 is 27.4. The number of aromatic nitrogens is 3. The third-order valence-electron chi connectivity index (χ3n) is 2.78. The van der Waals surface area contributed by atoms with E-state index in [1.54, 1.807) is 17.9 Å². The van der Waals surface area contributed by atoms with Gasteiger partial charge in [0.2, 0.25) is 0 Å². The van der Waals surface area contributed by atoms with Gasteiger partial charge in [0.05, 0.1) is 18.0 Å². The van der Waals surface area contributed by atoms with Crippen molar-refractivity contribution in [2.45, 2.75) is 12.6 Å². The molecule has 1 aromatic carbocycles. The summed E-state index contributed by atoms with van der Waals surface area (Å²) in [4.78, 5) is 0. The van der Waals surface area contributed by atoms with E-state index in [2.05, 4.69) is 15.6 Å². The first-order valence-electron chi connectivity index (χ1n) is 5.75. The molecule has 1 aromatic heterocycles. The van der Waals surface area contributed by atoms with Crippen molar-refractivity contribution in [1.29, 1.82) is 0 Å². The van der Waals surface area contributed by atoms with Crippen LogP contribution >= 0.6 is 0 Å². The fraction of sp³-hybridized carbons (Fsp3) is 0.333. The van der Waals surface area contributed by atoms with E-state index in [0.29, 0.717) is 12.1 Å². The Morgan fingerprint density at radius 3 is 2.79 bits per heavy atom. The van der Waals surface area contributed by atoms with Gasteiger partial charge in [-0.05, 0) is 17.7 Å². The molecular weight excluding hydrogens is 254 g/mol. The van der Waals surface area contributed by atoms with Crippen LogP contribution in [0.25, 0.3) is 0 Å². The maximum atomic E-state index is 13.0. The summed E-state index contributed by atoms with van der Waals surface area (Å²) in [5.74, 6) is -1.89. The summed E-state index contributed by atoms with van der Waals surface area (Å²) in [6.07, 6.45) is 0.702. The third-order valence-corrected chi connectivity index (χ3v) is 2.78. The quantitative estimate of drug-likeness (QED) is 0.846. The van der Waals surface area contributed by atoms with Crippen molar-refractivity contribution in [3.63, 3.8) is 0 Å². The van der Waals surface area contributed by atoms with E-state index in [9.17, 15) is 13.9 Å². The summed E-state index contributed by atoms with van der Waals surface area (Å²) >= 11 is 0. The SMILES string of the molecule is Cn1nncc1CNCC(O)c1ccc(F)c(F)c1. The Hall–Kier alpha value is -1.86. The Morgan fingerprint density at radius 1 is 1.37 bits per heavy atom. The minimum atomic E-state index is -0.965. The van der Waals surface area contributed by atoms with Gasteiger partial charge in [-0.25, -0.2) is 8.78 Å². The molecule has 102 valence electrons. The topological polar surface area (TPSA) is 63.0 Å². The van der Waals surface area contributed by atoms with Crippen molar-refractivity contribution in [3.05, 3.63) is 47.3 Å². The minimum absolute atomic E-state index is 0.219. The van der Waals surface area contributed by atoms with Crippen LogP contribution in [0.1, 0.15) is 17.4 Å². The number of rotatable bonds is 5. The van der Waals surface area contributed by atoms with Crippen LogP contribution in [-0.2, 0) is 13.6 Å². The van der Waals surface area contributed by atoms with Crippen LogP contribution in [0.5, 0.6) is 0 Å². The molecule has 0 aliphatic heterocycles. The Kier molecular flexibility index (Phi) is 4.18. The van der Waals surface area contributed by atoms with Crippen LogP contribution in [0, 0.1) is 11.6 Å². The standard InChI is InChI=1S/C12H14F2N4O/c1-18-9(6-16-17-18)5-15-7-12(19)8-2-3-10(13)11(14)4-8/h2-4,6,12,15,19H,5,7H2,1H3. The van der Waals surface area contributed by atoms with Gasteiger partial charge in [-0.1, -0.05) is 11.3 Å². The predicted octanol–water partition coefficient (Wildman–Crippen LogP) is 0.916. The van der Waals surface area contributed by atoms with Gasteiger partial charge in [-0.15, -0.1) is 5.10 Å². The molecule has 0 saturated carbocycles. The minimum Gasteiger partial charge on any atom is -0.387 e. The molecule has 0 fully saturated rings. The van der Waals surface area contributed by atoms with Gasteiger partial charge in [-0.3, -0.25) is 4.68 Å². The predicted molar refractivity (Wildman–Crippen MR) is 64.0 cm³/mol. The highest BCUT2D eigenvalue weighted by Gasteiger charge is 2.11. The normalized spacial score (nSPS) is 12.6. The van der Waals surface area contributed by atoms with Gasteiger partial charge < -0.3 is 10.4 Å². The Balaban J connectivity index is 1.89. The molecule has 2 N–H and O–H groups in total. The van der Waals surface area contributed by atoms with Gasteiger partial charge in [0.15, 0.2) is 11.6 Å². The molecular formula is C12H14F2N4O. The van der Waals surface area contributed by atoms with Crippen LogP contribution < -0.4 is 5.32 Å². The van der Waals surface area contributed by atoms with E-state index in [-0.39, 0.29) is 6.54 Å². The zero-order valence-corrected chi connectivity index (χ0v) is 10.3. The summed E-state index contributed by atoms with van der Waals surface area (Å²) in [7, 11) is 1.76. The number of aliphatic hydroxyl groups is 1. The number of hydrogen-bond donors (Lipinski definition) is 2. The summed E-state index contributed by atoms with van der Waals surface area (Å²) in [5, 5.41) is 20.3. The summed E-state index contributed by atoms with van der Waals surface area (Å²) in [6, 6.07) is 3.35.